The SMILES string of the molecule is Cc1cc(C)cc(-n2ncc3c2CCC[C@@H]3NCc2ccc(OCCO)cc2)c1. The minimum atomic E-state index is 0.0309. The molecule has 5 nitrogen and oxygen atoms in total. The van der Waals surface area contributed by atoms with Gasteiger partial charge in [-0.2, -0.15) is 5.10 Å². The van der Waals surface area contributed by atoms with E-state index in [1.807, 2.05) is 18.3 Å². The summed E-state index contributed by atoms with van der Waals surface area (Å²) < 4.78 is 7.55. The first-order valence-corrected chi connectivity index (χ1v) is 10.4. The standard InChI is InChI=1S/C24H29N3O2/c1-17-12-18(2)14-20(13-17)27-24-5-3-4-23(22(24)16-26-27)25-15-19-6-8-21(9-7-19)29-11-10-28/h6-9,12-14,16,23,25,28H,3-5,10-11,15H2,1-2H3/t23-/m0/s1. The van der Waals surface area contributed by atoms with Gasteiger partial charge in [0.05, 0.1) is 18.5 Å². The van der Waals surface area contributed by atoms with Crippen molar-refractivity contribution in [2.45, 2.75) is 45.7 Å². The van der Waals surface area contributed by atoms with E-state index in [0.29, 0.717) is 12.6 Å². The second kappa shape index (κ2) is 8.80. The average molecular weight is 392 g/mol. The summed E-state index contributed by atoms with van der Waals surface area (Å²) in [6.07, 6.45) is 5.39. The number of benzene rings is 2. The third-order valence-electron chi connectivity index (χ3n) is 5.47. The molecule has 0 fully saturated rings. The molecule has 4 rings (SSSR count). The van der Waals surface area contributed by atoms with E-state index in [4.69, 9.17) is 14.9 Å². The molecular weight excluding hydrogens is 362 g/mol. The van der Waals surface area contributed by atoms with E-state index in [1.165, 1.54) is 27.9 Å². The highest BCUT2D eigenvalue weighted by molar-refractivity contribution is 5.42. The Balaban J connectivity index is 1.47. The summed E-state index contributed by atoms with van der Waals surface area (Å²) >= 11 is 0. The molecule has 5 heteroatoms. The van der Waals surface area contributed by atoms with Crippen LogP contribution >= 0.6 is 0 Å². The summed E-state index contributed by atoms with van der Waals surface area (Å²) in [5.74, 6) is 0.789. The molecule has 2 aromatic carbocycles. The van der Waals surface area contributed by atoms with E-state index >= 15 is 0 Å². The fourth-order valence-electron chi connectivity index (χ4n) is 4.17. The van der Waals surface area contributed by atoms with Crippen molar-refractivity contribution in [3.63, 3.8) is 0 Å². The Morgan fingerprint density at radius 3 is 2.62 bits per heavy atom. The molecule has 0 bridgehead atoms. The third-order valence-corrected chi connectivity index (χ3v) is 5.47. The molecule has 1 heterocycles. The molecule has 1 atom stereocenters. The number of fused-ring (bicyclic) bond motifs is 1. The first-order valence-electron chi connectivity index (χ1n) is 10.4. The quantitative estimate of drug-likeness (QED) is 0.638. The van der Waals surface area contributed by atoms with E-state index in [9.17, 15) is 0 Å². The predicted molar refractivity (Wildman–Crippen MR) is 115 cm³/mol. The second-order valence-electron chi connectivity index (χ2n) is 7.85. The van der Waals surface area contributed by atoms with Crippen LogP contribution in [0, 0.1) is 13.8 Å². The molecule has 2 N–H and O–H groups in total. The molecule has 1 aliphatic carbocycles. The Labute approximate surface area is 172 Å². The maximum absolute atomic E-state index is 8.85. The lowest BCUT2D eigenvalue weighted by Crippen LogP contribution is -2.25. The maximum atomic E-state index is 8.85. The maximum Gasteiger partial charge on any atom is 0.119 e. The smallest absolute Gasteiger partial charge is 0.119 e. The molecule has 0 saturated heterocycles. The highest BCUT2D eigenvalue weighted by Gasteiger charge is 2.24. The van der Waals surface area contributed by atoms with Gasteiger partial charge in [-0.1, -0.05) is 18.2 Å². The van der Waals surface area contributed by atoms with Crippen molar-refractivity contribution in [1.82, 2.24) is 15.1 Å². The van der Waals surface area contributed by atoms with Gasteiger partial charge in [0.25, 0.3) is 0 Å². The highest BCUT2D eigenvalue weighted by Crippen LogP contribution is 2.31. The number of ether oxygens (including phenoxy) is 1. The Bertz CT molecular complexity index is 943. The zero-order chi connectivity index (χ0) is 20.2. The van der Waals surface area contributed by atoms with Crippen molar-refractivity contribution in [1.29, 1.82) is 0 Å². The lowest BCUT2D eigenvalue weighted by Gasteiger charge is -2.24. The van der Waals surface area contributed by atoms with Crippen LogP contribution in [-0.4, -0.2) is 28.1 Å². The first-order chi connectivity index (χ1) is 14.1. The van der Waals surface area contributed by atoms with Crippen LogP contribution in [0.4, 0.5) is 0 Å². The van der Waals surface area contributed by atoms with Gasteiger partial charge in [0.1, 0.15) is 12.4 Å². The summed E-state index contributed by atoms with van der Waals surface area (Å²) in [6, 6.07) is 15.0. The molecule has 0 saturated carbocycles. The Morgan fingerprint density at radius 1 is 1.14 bits per heavy atom. The van der Waals surface area contributed by atoms with E-state index in [0.717, 1.165) is 37.2 Å². The van der Waals surface area contributed by atoms with Crippen molar-refractivity contribution in [3.8, 4) is 11.4 Å². The van der Waals surface area contributed by atoms with Crippen molar-refractivity contribution in [3.05, 3.63) is 76.6 Å². The van der Waals surface area contributed by atoms with Crippen LogP contribution in [0.2, 0.25) is 0 Å². The number of aliphatic hydroxyl groups is 1. The number of rotatable bonds is 7. The van der Waals surface area contributed by atoms with Gasteiger partial charge in [0, 0.05) is 23.8 Å². The second-order valence-corrected chi connectivity index (χ2v) is 7.85. The van der Waals surface area contributed by atoms with Gasteiger partial charge in [-0.3, -0.25) is 0 Å². The van der Waals surface area contributed by atoms with Crippen LogP contribution in [-0.2, 0) is 13.0 Å². The van der Waals surface area contributed by atoms with Crippen LogP contribution in [0.5, 0.6) is 5.75 Å². The van der Waals surface area contributed by atoms with Crippen molar-refractivity contribution in [2.75, 3.05) is 13.2 Å². The molecule has 0 radical (unpaired) electrons. The summed E-state index contributed by atoms with van der Waals surface area (Å²) in [7, 11) is 0. The molecule has 152 valence electrons. The number of aromatic nitrogens is 2. The molecule has 0 amide bonds. The van der Waals surface area contributed by atoms with Crippen molar-refractivity contribution < 1.29 is 9.84 Å². The van der Waals surface area contributed by atoms with E-state index in [-0.39, 0.29) is 6.61 Å². The average Bonchev–Trinajstić information content (AvgIpc) is 3.15. The minimum Gasteiger partial charge on any atom is -0.491 e. The lowest BCUT2D eigenvalue weighted by molar-refractivity contribution is 0.201. The van der Waals surface area contributed by atoms with Gasteiger partial charge in [0.2, 0.25) is 0 Å². The van der Waals surface area contributed by atoms with Crippen LogP contribution in [0.25, 0.3) is 5.69 Å². The molecule has 3 aromatic rings. The molecular formula is C24H29N3O2. The van der Waals surface area contributed by atoms with E-state index in [2.05, 4.69) is 54.2 Å². The Morgan fingerprint density at radius 2 is 1.90 bits per heavy atom. The number of aryl methyl sites for hydroxylation is 2. The van der Waals surface area contributed by atoms with Crippen LogP contribution in [0.3, 0.4) is 0 Å². The first kappa shape index (κ1) is 19.7. The zero-order valence-electron chi connectivity index (χ0n) is 17.2. The van der Waals surface area contributed by atoms with Gasteiger partial charge in [-0.05, 0) is 74.1 Å². The molecule has 1 aromatic heterocycles. The molecule has 29 heavy (non-hydrogen) atoms. The number of aliphatic hydroxyl groups excluding tert-OH is 1. The highest BCUT2D eigenvalue weighted by atomic mass is 16.5. The molecule has 0 spiro atoms. The van der Waals surface area contributed by atoms with Crippen LogP contribution in [0.15, 0.2) is 48.7 Å². The van der Waals surface area contributed by atoms with Gasteiger partial charge in [0.15, 0.2) is 0 Å². The van der Waals surface area contributed by atoms with Gasteiger partial charge in [-0.15, -0.1) is 0 Å². The molecule has 1 aliphatic rings. The lowest BCUT2D eigenvalue weighted by atomic mass is 9.92. The predicted octanol–water partition coefficient (Wildman–Crippen LogP) is 4.03. The van der Waals surface area contributed by atoms with Gasteiger partial charge >= 0.3 is 0 Å². The summed E-state index contributed by atoms with van der Waals surface area (Å²) in [6.45, 7) is 5.43. The zero-order valence-corrected chi connectivity index (χ0v) is 17.2. The number of nitrogens with one attached hydrogen (secondary N) is 1. The summed E-state index contributed by atoms with van der Waals surface area (Å²) in [5.41, 5.74) is 7.55. The van der Waals surface area contributed by atoms with E-state index in [1.54, 1.807) is 0 Å². The van der Waals surface area contributed by atoms with Crippen LogP contribution in [0.1, 0.15) is 46.8 Å². The van der Waals surface area contributed by atoms with Crippen molar-refractivity contribution in [2.24, 2.45) is 0 Å². The molecule has 0 unspecified atom stereocenters. The van der Waals surface area contributed by atoms with Crippen LogP contribution < -0.4 is 10.1 Å². The third kappa shape index (κ3) is 4.52. The fraction of sp³-hybridized carbons (Fsp3) is 0.375. The number of hydrogen-bond donors (Lipinski definition) is 2. The summed E-state index contributed by atoms with van der Waals surface area (Å²) in [5, 5.41) is 17.3. The van der Waals surface area contributed by atoms with Gasteiger partial charge in [-0.25, -0.2) is 4.68 Å². The summed E-state index contributed by atoms with van der Waals surface area (Å²) in [4.78, 5) is 0. The Kier molecular flexibility index (Phi) is 5.97. The monoisotopic (exact) mass is 391 g/mol. The Hall–Kier alpha value is -2.63. The number of nitrogens with zero attached hydrogens (tertiary/aromatic N) is 2. The topological polar surface area (TPSA) is 59.3 Å². The largest absolute Gasteiger partial charge is 0.491 e. The van der Waals surface area contributed by atoms with Gasteiger partial charge < -0.3 is 15.2 Å². The fourth-order valence-corrected chi connectivity index (χ4v) is 4.17. The minimum absolute atomic E-state index is 0.0309. The normalized spacial score (nSPS) is 15.9. The van der Waals surface area contributed by atoms with E-state index < -0.39 is 0 Å². The molecule has 0 aliphatic heterocycles. The van der Waals surface area contributed by atoms with Crippen molar-refractivity contribution >= 4 is 0 Å². The number of hydrogen-bond acceptors (Lipinski definition) is 4.